The molecule has 1 aliphatic rings. The number of amides is 1. The molecule has 29 heavy (non-hydrogen) atoms. The number of carboxylic acid groups (broad SMARTS) is 1. The number of aliphatic carboxylic acids is 1. The zero-order valence-electron chi connectivity index (χ0n) is 15.9. The molecule has 10 nitrogen and oxygen atoms in total. The highest BCUT2D eigenvalue weighted by molar-refractivity contribution is 8.15. The van der Waals surface area contributed by atoms with Crippen LogP contribution in [0.25, 0.3) is 10.9 Å². The number of nitrogens with one attached hydrogen (secondary N) is 1. The zero-order valence-corrected chi connectivity index (χ0v) is 16.8. The van der Waals surface area contributed by atoms with Gasteiger partial charge in [-0.25, -0.2) is 4.79 Å². The molecule has 1 saturated heterocycles. The Morgan fingerprint density at radius 2 is 2.17 bits per heavy atom. The molecular formula is C18H19N5O5S. The second-order valence-electron chi connectivity index (χ2n) is 7.20. The van der Waals surface area contributed by atoms with Crippen LogP contribution in [0.3, 0.4) is 0 Å². The number of benzene rings is 1. The van der Waals surface area contributed by atoms with Gasteiger partial charge in [-0.15, -0.1) is 5.10 Å². The average Bonchev–Trinajstić information content (AvgIpc) is 3.16. The van der Waals surface area contributed by atoms with Crippen molar-refractivity contribution in [1.29, 1.82) is 0 Å². The van der Waals surface area contributed by atoms with Crippen LogP contribution in [0.1, 0.15) is 32.8 Å². The van der Waals surface area contributed by atoms with E-state index in [1.165, 1.54) is 10.9 Å². The number of nitrogens with zero attached hydrogens (tertiary/aromatic N) is 4. The number of fused-ring (bicyclic) bond motifs is 1. The van der Waals surface area contributed by atoms with E-state index in [1.807, 2.05) is 0 Å². The van der Waals surface area contributed by atoms with Gasteiger partial charge in [0, 0.05) is 5.39 Å². The molecule has 2 N–H and O–H groups in total. The predicted octanol–water partition coefficient (Wildman–Crippen LogP) is 2.22. The highest BCUT2D eigenvalue weighted by Crippen LogP contribution is 2.22. The molecule has 0 saturated carbocycles. The molecule has 3 rings (SSSR count). The lowest BCUT2D eigenvalue weighted by Crippen LogP contribution is -2.27. The normalized spacial score (nSPS) is 18.5. The SMILES string of the molecule is CC(C)(C)OC(=O)n1ncc2cc(C=NN=C3NC(=O)C(CC(=O)O)S3)ccc21. The van der Waals surface area contributed by atoms with Gasteiger partial charge in [0.25, 0.3) is 0 Å². The van der Waals surface area contributed by atoms with Crippen LogP contribution in [0, 0.1) is 0 Å². The van der Waals surface area contributed by atoms with Crippen molar-refractivity contribution >= 4 is 52.0 Å². The van der Waals surface area contributed by atoms with Gasteiger partial charge in [-0.3, -0.25) is 9.59 Å². The number of rotatable bonds is 4. The van der Waals surface area contributed by atoms with Crippen LogP contribution < -0.4 is 5.32 Å². The van der Waals surface area contributed by atoms with E-state index >= 15 is 0 Å². The number of carbonyl (C=O) groups is 3. The van der Waals surface area contributed by atoms with Crippen LogP contribution in [0.4, 0.5) is 4.79 Å². The monoisotopic (exact) mass is 417 g/mol. The molecule has 152 valence electrons. The minimum Gasteiger partial charge on any atom is -0.481 e. The Morgan fingerprint density at radius 3 is 2.86 bits per heavy atom. The minimum atomic E-state index is -1.05. The van der Waals surface area contributed by atoms with Crippen molar-refractivity contribution in [2.45, 2.75) is 38.0 Å². The average molecular weight is 417 g/mol. The molecule has 0 aliphatic carbocycles. The van der Waals surface area contributed by atoms with Crippen molar-refractivity contribution in [3.63, 3.8) is 0 Å². The van der Waals surface area contributed by atoms with Crippen molar-refractivity contribution in [3.8, 4) is 0 Å². The molecule has 1 unspecified atom stereocenters. The molecule has 0 bridgehead atoms. The molecule has 1 aromatic carbocycles. The summed E-state index contributed by atoms with van der Waals surface area (Å²) in [5, 5.41) is 23.4. The number of carbonyl (C=O) groups excluding carboxylic acids is 2. The Hall–Kier alpha value is -3.21. The topological polar surface area (TPSA) is 135 Å². The molecule has 11 heteroatoms. The summed E-state index contributed by atoms with van der Waals surface area (Å²) in [6, 6.07) is 5.23. The molecule has 2 aromatic rings. The van der Waals surface area contributed by atoms with Gasteiger partial charge in [0.05, 0.1) is 24.3 Å². The highest BCUT2D eigenvalue weighted by atomic mass is 32.2. The molecule has 2 heterocycles. The van der Waals surface area contributed by atoms with Crippen LogP contribution >= 0.6 is 11.8 Å². The molecule has 0 radical (unpaired) electrons. The lowest BCUT2D eigenvalue weighted by Gasteiger charge is -2.19. The first kappa shape index (κ1) is 20.5. The molecule has 1 aromatic heterocycles. The summed E-state index contributed by atoms with van der Waals surface area (Å²) in [6.07, 6.45) is 2.18. The van der Waals surface area contributed by atoms with E-state index in [0.717, 1.165) is 17.1 Å². The van der Waals surface area contributed by atoms with Gasteiger partial charge >= 0.3 is 12.1 Å². The summed E-state index contributed by atoms with van der Waals surface area (Å²) in [4.78, 5) is 34.6. The van der Waals surface area contributed by atoms with Gasteiger partial charge in [-0.2, -0.15) is 14.9 Å². The maximum absolute atomic E-state index is 12.2. The fourth-order valence-corrected chi connectivity index (χ4v) is 3.39. The van der Waals surface area contributed by atoms with Gasteiger partial charge in [0.1, 0.15) is 10.9 Å². The summed E-state index contributed by atoms with van der Waals surface area (Å²) in [5.41, 5.74) is 0.679. The molecule has 0 spiro atoms. The minimum absolute atomic E-state index is 0.247. The number of hydrogen-bond acceptors (Lipinski definition) is 8. The lowest BCUT2D eigenvalue weighted by molar-refractivity contribution is -0.138. The van der Waals surface area contributed by atoms with Gasteiger partial charge in [0.15, 0.2) is 5.17 Å². The standard InChI is InChI=1S/C18H19N5O5S/c1-18(2,3)28-17(27)23-12-5-4-10(6-11(12)9-20-23)8-19-22-16-21-15(26)13(29-16)7-14(24)25/h4-6,8-9,13H,7H2,1-3H3,(H,24,25)(H,21,22,26). The Labute approximate surface area is 170 Å². The van der Waals surface area contributed by atoms with Gasteiger partial charge in [-0.05, 0) is 38.5 Å². The van der Waals surface area contributed by atoms with Crippen molar-refractivity contribution in [2.24, 2.45) is 10.2 Å². The first-order chi connectivity index (χ1) is 13.6. The third-order valence-electron chi connectivity index (χ3n) is 3.65. The molecule has 1 atom stereocenters. The van der Waals surface area contributed by atoms with Crippen molar-refractivity contribution in [1.82, 2.24) is 15.1 Å². The molecule has 1 aliphatic heterocycles. The van der Waals surface area contributed by atoms with Gasteiger partial charge in [-0.1, -0.05) is 17.8 Å². The quantitative estimate of drug-likeness (QED) is 0.575. The van der Waals surface area contributed by atoms with Crippen molar-refractivity contribution in [3.05, 3.63) is 30.0 Å². The van der Waals surface area contributed by atoms with E-state index in [9.17, 15) is 14.4 Å². The van der Waals surface area contributed by atoms with E-state index in [1.54, 1.807) is 45.2 Å². The van der Waals surface area contributed by atoms with Crippen LogP contribution in [0.15, 0.2) is 34.6 Å². The van der Waals surface area contributed by atoms with E-state index in [0.29, 0.717) is 11.1 Å². The predicted molar refractivity (Wildman–Crippen MR) is 108 cm³/mol. The van der Waals surface area contributed by atoms with Crippen LogP contribution in [0.2, 0.25) is 0 Å². The number of ether oxygens (including phenoxy) is 1. The number of carboxylic acids is 1. The fraction of sp³-hybridized carbons (Fsp3) is 0.333. The number of amidine groups is 1. The Morgan fingerprint density at radius 1 is 1.41 bits per heavy atom. The molecular weight excluding hydrogens is 398 g/mol. The van der Waals surface area contributed by atoms with Crippen molar-refractivity contribution < 1.29 is 24.2 Å². The van der Waals surface area contributed by atoms with Crippen LogP contribution in [0.5, 0.6) is 0 Å². The number of hydrogen-bond donors (Lipinski definition) is 2. The first-order valence-electron chi connectivity index (χ1n) is 8.64. The van der Waals surface area contributed by atoms with E-state index < -0.39 is 28.8 Å². The second kappa shape index (κ2) is 8.03. The van der Waals surface area contributed by atoms with E-state index in [4.69, 9.17) is 9.84 Å². The van der Waals surface area contributed by atoms with Gasteiger partial charge < -0.3 is 15.2 Å². The van der Waals surface area contributed by atoms with Gasteiger partial charge in [0.2, 0.25) is 5.91 Å². The summed E-state index contributed by atoms with van der Waals surface area (Å²) in [7, 11) is 0. The van der Waals surface area contributed by atoms with Crippen LogP contribution in [-0.2, 0) is 14.3 Å². The summed E-state index contributed by atoms with van der Waals surface area (Å²) in [5.74, 6) is -1.45. The molecule has 1 amide bonds. The van der Waals surface area contributed by atoms with E-state index in [-0.39, 0.29) is 11.6 Å². The van der Waals surface area contributed by atoms with Crippen molar-refractivity contribution in [2.75, 3.05) is 0 Å². The Kier molecular flexibility index (Phi) is 5.69. The largest absolute Gasteiger partial charge is 0.481 e. The first-order valence-corrected chi connectivity index (χ1v) is 9.52. The maximum Gasteiger partial charge on any atom is 0.435 e. The molecule has 1 fully saturated rings. The summed E-state index contributed by atoms with van der Waals surface area (Å²) < 4.78 is 6.52. The summed E-state index contributed by atoms with van der Waals surface area (Å²) in [6.45, 7) is 5.34. The maximum atomic E-state index is 12.2. The number of thioether (sulfide) groups is 1. The second-order valence-corrected chi connectivity index (χ2v) is 8.39. The van der Waals surface area contributed by atoms with Crippen LogP contribution in [-0.4, -0.2) is 55.1 Å². The smallest absolute Gasteiger partial charge is 0.435 e. The Bertz CT molecular complexity index is 1040. The third-order valence-corrected chi connectivity index (χ3v) is 4.72. The highest BCUT2D eigenvalue weighted by Gasteiger charge is 2.32. The fourth-order valence-electron chi connectivity index (χ4n) is 2.48. The summed E-state index contributed by atoms with van der Waals surface area (Å²) >= 11 is 1.03. The number of aromatic nitrogens is 2. The zero-order chi connectivity index (χ0) is 21.2. The third kappa shape index (κ3) is 5.19. The Balaban J connectivity index is 1.71. The van der Waals surface area contributed by atoms with E-state index in [2.05, 4.69) is 20.6 Å². The lowest BCUT2D eigenvalue weighted by atomic mass is 10.2.